The molecule has 2 aliphatic carbocycles. The summed E-state index contributed by atoms with van der Waals surface area (Å²) in [5.41, 5.74) is 5.83. The van der Waals surface area contributed by atoms with Gasteiger partial charge in [0, 0.05) is 18.1 Å². The average molecular weight is 410 g/mol. The number of rotatable bonds is 6. The number of benzene rings is 1. The lowest BCUT2D eigenvalue weighted by Crippen LogP contribution is -2.40. The van der Waals surface area contributed by atoms with Gasteiger partial charge in [-0.2, -0.15) is 0 Å². The van der Waals surface area contributed by atoms with Gasteiger partial charge in [-0.3, -0.25) is 0 Å². The molecule has 1 aromatic rings. The maximum absolute atomic E-state index is 12.4. The van der Waals surface area contributed by atoms with Crippen molar-refractivity contribution in [1.29, 1.82) is 0 Å². The third-order valence-corrected chi connectivity index (χ3v) is 7.51. The topological polar surface area (TPSA) is 118 Å². The molecule has 0 saturated heterocycles. The van der Waals surface area contributed by atoms with Crippen molar-refractivity contribution in [1.82, 2.24) is 9.44 Å². The van der Waals surface area contributed by atoms with Crippen molar-refractivity contribution in [3.8, 4) is 0 Å². The van der Waals surface area contributed by atoms with Gasteiger partial charge in [-0.1, -0.05) is 0 Å². The Morgan fingerprint density at radius 3 is 1.36 bits per heavy atom. The van der Waals surface area contributed by atoms with E-state index in [2.05, 4.69) is 9.44 Å². The number of nitrogens with two attached hydrogens (primary N) is 1. The van der Waals surface area contributed by atoms with Gasteiger partial charge in [0.2, 0.25) is 20.0 Å². The van der Waals surface area contributed by atoms with Gasteiger partial charge in [-0.15, -0.1) is 12.4 Å². The molecule has 0 aromatic heterocycles. The number of hydrogen-bond donors (Lipinski definition) is 3. The van der Waals surface area contributed by atoms with Crippen molar-refractivity contribution in [2.75, 3.05) is 0 Å². The molecule has 0 radical (unpaired) electrons. The highest BCUT2D eigenvalue weighted by Crippen LogP contribution is 2.23. The summed E-state index contributed by atoms with van der Waals surface area (Å²) in [6, 6.07) is 5.37. The van der Waals surface area contributed by atoms with Crippen LogP contribution < -0.4 is 15.2 Å². The highest BCUT2D eigenvalue weighted by molar-refractivity contribution is 7.90. The lowest BCUT2D eigenvalue weighted by molar-refractivity contribution is 0.373. The number of sulfonamides is 2. The van der Waals surface area contributed by atoms with E-state index in [0.717, 1.165) is 38.5 Å². The van der Waals surface area contributed by atoms with E-state index in [4.69, 9.17) is 5.73 Å². The molecule has 1 aromatic carbocycles. The molecule has 2 aliphatic rings. The first-order chi connectivity index (χ1) is 11.3. The highest BCUT2D eigenvalue weighted by Gasteiger charge is 2.28. The Hall–Kier alpha value is -0.710. The molecule has 4 N–H and O–H groups in total. The average Bonchev–Trinajstić information content (AvgIpc) is 3.33. The molecule has 0 heterocycles. The molecular formula is C15H24ClN3O4S2. The van der Waals surface area contributed by atoms with Gasteiger partial charge >= 0.3 is 0 Å². The monoisotopic (exact) mass is 409 g/mol. The Bertz CT molecular complexity index is 785. The Morgan fingerprint density at radius 2 is 1.04 bits per heavy atom. The lowest BCUT2D eigenvalue weighted by atomic mass is 9.93. The molecule has 7 nitrogen and oxygen atoms in total. The maximum atomic E-state index is 12.4. The summed E-state index contributed by atoms with van der Waals surface area (Å²) in [6.07, 6.45) is 4.74. The molecule has 25 heavy (non-hydrogen) atoms. The van der Waals surface area contributed by atoms with Crippen LogP contribution >= 0.6 is 12.4 Å². The van der Waals surface area contributed by atoms with Crippen molar-refractivity contribution >= 4 is 32.5 Å². The van der Waals surface area contributed by atoms with E-state index in [1.54, 1.807) is 0 Å². The van der Waals surface area contributed by atoms with Crippen molar-refractivity contribution < 1.29 is 16.8 Å². The fraction of sp³-hybridized carbons (Fsp3) is 0.600. The SMILES string of the molecule is Cl.NC1CCC(NS(=O)(=O)c2ccc(S(=O)(=O)NC3CC3)cc2)CC1. The van der Waals surface area contributed by atoms with Crippen LogP contribution in [0.3, 0.4) is 0 Å². The molecule has 0 aliphatic heterocycles. The zero-order valence-corrected chi connectivity index (χ0v) is 16.2. The van der Waals surface area contributed by atoms with Crippen LogP contribution in [0.15, 0.2) is 34.1 Å². The summed E-state index contributed by atoms with van der Waals surface area (Å²) in [7, 11) is -7.23. The second kappa shape index (κ2) is 7.89. The molecule has 0 amide bonds. The molecule has 2 fully saturated rings. The van der Waals surface area contributed by atoms with Gasteiger partial charge in [0.05, 0.1) is 9.79 Å². The standard InChI is InChI=1S/C15H23N3O4S2.ClH/c16-11-1-3-12(4-2-11)17-23(19,20)14-7-9-15(10-8-14)24(21,22)18-13-5-6-13;/h7-13,17-18H,1-6,16H2;1H. The van der Waals surface area contributed by atoms with E-state index in [1.807, 2.05) is 0 Å². The second-order valence-corrected chi connectivity index (χ2v) is 10.0. The normalized spacial score (nSPS) is 24.5. The van der Waals surface area contributed by atoms with E-state index < -0.39 is 20.0 Å². The van der Waals surface area contributed by atoms with Crippen LogP contribution in [0.5, 0.6) is 0 Å². The molecule has 2 saturated carbocycles. The van der Waals surface area contributed by atoms with Crippen LogP contribution in [0.2, 0.25) is 0 Å². The van der Waals surface area contributed by atoms with Gasteiger partial charge < -0.3 is 5.73 Å². The maximum Gasteiger partial charge on any atom is 0.240 e. The minimum absolute atomic E-state index is 0. The van der Waals surface area contributed by atoms with Crippen LogP contribution in [0.4, 0.5) is 0 Å². The second-order valence-electron chi connectivity index (χ2n) is 6.60. The van der Waals surface area contributed by atoms with Crippen molar-refractivity contribution in [3.63, 3.8) is 0 Å². The van der Waals surface area contributed by atoms with Gasteiger partial charge in [-0.05, 0) is 62.8 Å². The van der Waals surface area contributed by atoms with E-state index in [1.165, 1.54) is 24.3 Å². The fourth-order valence-electron chi connectivity index (χ4n) is 2.81. The molecule has 0 atom stereocenters. The Kier molecular flexibility index (Phi) is 6.50. The minimum Gasteiger partial charge on any atom is -0.328 e. The van der Waals surface area contributed by atoms with Crippen LogP contribution in [-0.2, 0) is 20.0 Å². The number of hydrogen-bond acceptors (Lipinski definition) is 5. The van der Waals surface area contributed by atoms with Gasteiger partial charge in [0.25, 0.3) is 0 Å². The molecule has 10 heteroatoms. The summed E-state index contributed by atoms with van der Waals surface area (Å²) in [6.45, 7) is 0. The summed E-state index contributed by atoms with van der Waals surface area (Å²) in [4.78, 5) is 0.153. The molecule has 0 unspecified atom stereocenters. The van der Waals surface area contributed by atoms with E-state index >= 15 is 0 Å². The zero-order chi connectivity index (χ0) is 17.4. The van der Waals surface area contributed by atoms with Crippen LogP contribution in [0, 0.1) is 0 Å². The molecule has 3 rings (SSSR count). The quantitative estimate of drug-likeness (QED) is 0.650. The number of halogens is 1. The first-order valence-corrected chi connectivity index (χ1v) is 11.1. The van der Waals surface area contributed by atoms with Crippen LogP contribution in [0.1, 0.15) is 38.5 Å². The summed E-state index contributed by atoms with van der Waals surface area (Å²) in [5.74, 6) is 0. The first-order valence-electron chi connectivity index (χ1n) is 8.16. The molecule has 0 spiro atoms. The van der Waals surface area contributed by atoms with E-state index in [-0.39, 0.29) is 40.3 Å². The van der Waals surface area contributed by atoms with Gasteiger partial charge in [0.15, 0.2) is 0 Å². The highest BCUT2D eigenvalue weighted by atomic mass is 35.5. The first kappa shape index (κ1) is 20.6. The predicted octanol–water partition coefficient (Wildman–Crippen LogP) is 1.10. The zero-order valence-electron chi connectivity index (χ0n) is 13.7. The summed E-state index contributed by atoms with van der Waals surface area (Å²) in [5, 5.41) is 0. The van der Waals surface area contributed by atoms with Crippen molar-refractivity contribution in [2.45, 2.75) is 66.4 Å². The third-order valence-electron chi connectivity index (χ3n) is 4.44. The lowest BCUT2D eigenvalue weighted by Gasteiger charge is -2.26. The van der Waals surface area contributed by atoms with Crippen molar-refractivity contribution in [3.05, 3.63) is 24.3 Å². The van der Waals surface area contributed by atoms with Gasteiger partial charge in [-0.25, -0.2) is 26.3 Å². The number of nitrogens with one attached hydrogen (secondary N) is 2. The summed E-state index contributed by atoms with van der Waals surface area (Å²) < 4.78 is 54.3. The van der Waals surface area contributed by atoms with Gasteiger partial charge in [0.1, 0.15) is 0 Å². The van der Waals surface area contributed by atoms with E-state index in [0.29, 0.717) is 0 Å². The Morgan fingerprint density at radius 1 is 0.720 bits per heavy atom. The molecule has 0 bridgehead atoms. The minimum atomic E-state index is -3.66. The van der Waals surface area contributed by atoms with Crippen molar-refractivity contribution in [2.24, 2.45) is 5.73 Å². The molecular weight excluding hydrogens is 386 g/mol. The summed E-state index contributed by atoms with van der Waals surface area (Å²) >= 11 is 0. The Balaban J connectivity index is 0.00000225. The Labute approximate surface area is 155 Å². The molecule has 142 valence electrons. The smallest absolute Gasteiger partial charge is 0.240 e. The van der Waals surface area contributed by atoms with Crippen LogP contribution in [-0.4, -0.2) is 35.0 Å². The van der Waals surface area contributed by atoms with Crippen LogP contribution in [0.25, 0.3) is 0 Å². The fourth-order valence-corrected chi connectivity index (χ4v) is 5.42. The predicted molar refractivity (Wildman–Crippen MR) is 97.6 cm³/mol. The van der Waals surface area contributed by atoms with E-state index in [9.17, 15) is 16.8 Å². The largest absolute Gasteiger partial charge is 0.328 e. The third kappa shape index (κ3) is 5.38.